The summed E-state index contributed by atoms with van der Waals surface area (Å²) in [5, 5.41) is 0. The third-order valence-electron chi connectivity index (χ3n) is 2.66. The Morgan fingerprint density at radius 3 is 2.18 bits per heavy atom. The molecule has 0 saturated carbocycles. The fraction of sp³-hybridized carbons (Fsp3) is 0.455. The molecule has 0 bridgehead atoms. The molecule has 0 aliphatic carbocycles. The maximum atomic E-state index is 11.7. The third kappa shape index (κ3) is 2.53. The van der Waals surface area contributed by atoms with Gasteiger partial charge in [0.05, 0.1) is 12.8 Å². The maximum absolute atomic E-state index is 11.7. The highest BCUT2D eigenvalue weighted by atomic mass is 32.2. The summed E-state index contributed by atoms with van der Waals surface area (Å²) in [6.07, 6.45) is 0. The fourth-order valence-corrected chi connectivity index (χ4v) is 2.93. The molecule has 0 spiro atoms. The molecule has 0 atom stereocenters. The van der Waals surface area contributed by atoms with Gasteiger partial charge in [-0.2, -0.15) is 12.7 Å². The molecule has 1 saturated heterocycles. The van der Waals surface area contributed by atoms with Gasteiger partial charge in [-0.1, -0.05) is 0 Å². The van der Waals surface area contributed by atoms with Gasteiger partial charge in [-0.3, -0.25) is 4.72 Å². The Kier molecular flexibility index (Phi) is 3.01. The average molecular weight is 256 g/mol. The van der Waals surface area contributed by atoms with Crippen molar-refractivity contribution in [3.05, 3.63) is 23.3 Å². The van der Waals surface area contributed by atoms with Crippen LogP contribution < -0.4 is 9.46 Å². The lowest BCUT2D eigenvalue weighted by atomic mass is 10.1. The van der Waals surface area contributed by atoms with Gasteiger partial charge in [0.25, 0.3) is 0 Å². The van der Waals surface area contributed by atoms with Crippen LogP contribution in [0.2, 0.25) is 0 Å². The van der Waals surface area contributed by atoms with E-state index in [-0.39, 0.29) is 0 Å². The molecule has 6 heteroatoms. The zero-order chi connectivity index (χ0) is 12.6. The highest BCUT2D eigenvalue weighted by Gasteiger charge is 2.31. The molecule has 1 heterocycles. The highest BCUT2D eigenvalue weighted by Crippen LogP contribution is 2.28. The minimum absolute atomic E-state index is 0.577. The Morgan fingerprint density at radius 1 is 1.24 bits per heavy atom. The first-order chi connectivity index (χ1) is 7.94. The van der Waals surface area contributed by atoms with Gasteiger partial charge in [0.15, 0.2) is 0 Å². The summed E-state index contributed by atoms with van der Waals surface area (Å²) in [6.45, 7) is 4.98. The van der Waals surface area contributed by atoms with Crippen molar-refractivity contribution in [3.8, 4) is 5.75 Å². The van der Waals surface area contributed by atoms with Gasteiger partial charge in [-0.05, 0) is 37.1 Å². The number of methoxy groups -OCH3 is 1. The van der Waals surface area contributed by atoms with E-state index < -0.39 is 10.2 Å². The van der Waals surface area contributed by atoms with Crippen LogP contribution >= 0.6 is 0 Å². The van der Waals surface area contributed by atoms with Crippen molar-refractivity contribution >= 4 is 15.9 Å². The van der Waals surface area contributed by atoms with Crippen molar-refractivity contribution < 1.29 is 13.2 Å². The van der Waals surface area contributed by atoms with Crippen LogP contribution in [0.25, 0.3) is 0 Å². The fourth-order valence-electron chi connectivity index (χ4n) is 1.83. The minimum Gasteiger partial charge on any atom is -0.496 e. The quantitative estimate of drug-likeness (QED) is 0.826. The van der Waals surface area contributed by atoms with E-state index in [0.717, 1.165) is 16.9 Å². The average Bonchev–Trinajstić information content (AvgIpc) is 2.98. The smallest absolute Gasteiger partial charge is 0.301 e. The second-order valence-electron chi connectivity index (χ2n) is 4.15. The molecule has 1 aromatic carbocycles. The van der Waals surface area contributed by atoms with E-state index in [2.05, 4.69) is 4.72 Å². The molecule has 94 valence electrons. The minimum atomic E-state index is -3.35. The number of nitrogens with zero attached hydrogens (tertiary/aromatic N) is 1. The van der Waals surface area contributed by atoms with Crippen LogP contribution in [0.3, 0.4) is 0 Å². The van der Waals surface area contributed by atoms with Gasteiger partial charge in [-0.25, -0.2) is 0 Å². The van der Waals surface area contributed by atoms with Gasteiger partial charge >= 0.3 is 10.2 Å². The molecular formula is C11H16N2O3S. The first-order valence-electron chi connectivity index (χ1n) is 5.37. The normalized spacial score (nSPS) is 15.7. The topological polar surface area (TPSA) is 58.4 Å². The highest BCUT2D eigenvalue weighted by molar-refractivity contribution is 7.90. The van der Waals surface area contributed by atoms with E-state index >= 15 is 0 Å². The summed E-state index contributed by atoms with van der Waals surface area (Å²) in [4.78, 5) is 0. The number of anilines is 1. The lowest BCUT2D eigenvalue weighted by molar-refractivity contribution is 0.408. The van der Waals surface area contributed by atoms with Crippen molar-refractivity contribution in [1.29, 1.82) is 0 Å². The van der Waals surface area contributed by atoms with Crippen LogP contribution in [0.4, 0.5) is 5.69 Å². The van der Waals surface area contributed by atoms with Gasteiger partial charge in [0.2, 0.25) is 0 Å². The Bertz CT molecular complexity index is 513. The predicted molar refractivity (Wildman–Crippen MR) is 66.6 cm³/mol. The number of hydrogen-bond donors (Lipinski definition) is 1. The first kappa shape index (κ1) is 12.2. The molecule has 1 N–H and O–H groups in total. The van der Waals surface area contributed by atoms with E-state index in [1.54, 1.807) is 19.2 Å². The van der Waals surface area contributed by atoms with Gasteiger partial charge in [0, 0.05) is 13.1 Å². The van der Waals surface area contributed by atoms with Crippen LogP contribution in [-0.4, -0.2) is 32.9 Å². The molecule has 1 aliphatic heterocycles. The molecule has 0 unspecified atom stereocenters. The summed E-state index contributed by atoms with van der Waals surface area (Å²) >= 11 is 0. The van der Waals surface area contributed by atoms with Crippen LogP contribution in [-0.2, 0) is 10.2 Å². The second-order valence-corrected chi connectivity index (χ2v) is 5.82. The summed E-state index contributed by atoms with van der Waals surface area (Å²) < 4.78 is 32.6. The van der Waals surface area contributed by atoms with E-state index in [4.69, 9.17) is 4.74 Å². The lowest BCUT2D eigenvalue weighted by Gasteiger charge is -2.13. The Balaban J connectivity index is 2.28. The van der Waals surface area contributed by atoms with E-state index in [1.165, 1.54) is 4.31 Å². The summed E-state index contributed by atoms with van der Waals surface area (Å²) in [5.74, 6) is 0.791. The van der Waals surface area contributed by atoms with E-state index in [9.17, 15) is 8.42 Å². The van der Waals surface area contributed by atoms with Crippen molar-refractivity contribution in [2.75, 3.05) is 24.9 Å². The van der Waals surface area contributed by atoms with Crippen molar-refractivity contribution in [2.24, 2.45) is 0 Å². The molecular weight excluding hydrogens is 240 g/mol. The summed E-state index contributed by atoms with van der Waals surface area (Å²) in [6, 6.07) is 3.54. The number of rotatable bonds is 4. The summed E-state index contributed by atoms with van der Waals surface area (Å²) in [7, 11) is -1.74. The van der Waals surface area contributed by atoms with Crippen LogP contribution in [0.5, 0.6) is 5.75 Å². The van der Waals surface area contributed by atoms with Crippen molar-refractivity contribution in [2.45, 2.75) is 13.8 Å². The van der Waals surface area contributed by atoms with Crippen LogP contribution in [0, 0.1) is 13.8 Å². The monoisotopic (exact) mass is 256 g/mol. The Morgan fingerprint density at radius 2 is 1.76 bits per heavy atom. The second kappa shape index (κ2) is 4.19. The predicted octanol–water partition coefficient (Wildman–Crippen LogP) is 1.28. The standard InChI is InChI=1S/C11H16N2O3S/c1-8-6-10(7-9(2)11(8)16-3)12-17(14,15)13-4-5-13/h6-7,12H,4-5H2,1-3H3. The number of aryl methyl sites for hydroxylation is 2. The Labute approximate surface area is 102 Å². The molecule has 1 aromatic rings. The van der Waals surface area contributed by atoms with Gasteiger partial charge in [-0.15, -0.1) is 0 Å². The van der Waals surface area contributed by atoms with Crippen molar-refractivity contribution in [3.63, 3.8) is 0 Å². The van der Waals surface area contributed by atoms with Crippen molar-refractivity contribution in [1.82, 2.24) is 4.31 Å². The largest absolute Gasteiger partial charge is 0.496 e. The van der Waals surface area contributed by atoms with Crippen LogP contribution in [0.1, 0.15) is 11.1 Å². The number of ether oxygens (including phenoxy) is 1. The number of hydrogen-bond acceptors (Lipinski definition) is 3. The molecule has 1 aliphatic rings. The molecule has 17 heavy (non-hydrogen) atoms. The maximum Gasteiger partial charge on any atom is 0.301 e. The zero-order valence-corrected chi connectivity index (χ0v) is 11.0. The van der Waals surface area contributed by atoms with Gasteiger partial charge in [0.1, 0.15) is 5.75 Å². The molecule has 0 aromatic heterocycles. The third-order valence-corrected chi connectivity index (χ3v) is 4.20. The molecule has 1 fully saturated rings. The number of nitrogens with one attached hydrogen (secondary N) is 1. The Hall–Kier alpha value is -1.27. The molecule has 0 radical (unpaired) electrons. The first-order valence-corrected chi connectivity index (χ1v) is 6.81. The van der Waals surface area contributed by atoms with Gasteiger partial charge < -0.3 is 4.74 Å². The zero-order valence-electron chi connectivity index (χ0n) is 10.1. The summed E-state index contributed by atoms with van der Waals surface area (Å²) in [5.41, 5.74) is 2.40. The lowest BCUT2D eigenvalue weighted by Crippen LogP contribution is -2.21. The SMILES string of the molecule is COc1c(C)cc(NS(=O)(=O)N2CC2)cc1C. The molecule has 0 amide bonds. The van der Waals surface area contributed by atoms with Crippen LogP contribution in [0.15, 0.2) is 12.1 Å². The van der Waals surface area contributed by atoms with E-state index in [0.29, 0.717) is 18.8 Å². The molecule has 2 rings (SSSR count). The van der Waals surface area contributed by atoms with E-state index in [1.807, 2.05) is 13.8 Å². The molecule has 5 nitrogen and oxygen atoms in total. The number of benzene rings is 1.